The number of fused-ring (bicyclic) bond motifs is 1. The molecule has 4 aromatic rings. The molecule has 9 heteroatoms. The van der Waals surface area contributed by atoms with Gasteiger partial charge in [0, 0.05) is 18.6 Å². The van der Waals surface area contributed by atoms with E-state index in [1.165, 1.54) is 24.5 Å². The van der Waals surface area contributed by atoms with Crippen LogP contribution in [0, 0.1) is 5.82 Å². The number of primary amides is 1. The van der Waals surface area contributed by atoms with Gasteiger partial charge in [-0.2, -0.15) is 0 Å². The Hall–Kier alpha value is -4.27. The number of hydrogen-bond acceptors (Lipinski definition) is 5. The molecule has 4 N–H and O–H groups in total. The number of aromatic amines is 1. The average Bonchev–Trinajstić information content (AvgIpc) is 3.20. The van der Waals surface area contributed by atoms with Crippen LogP contribution in [0.5, 0.6) is 11.5 Å². The Morgan fingerprint density at radius 1 is 1.07 bits per heavy atom. The van der Waals surface area contributed by atoms with Crippen molar-refractivity contribution >= 4 is 28.7 Å². The molecule has 0 aliphatic carbocycles. The quantitative estimate of drug-likeness (QED) is 0.425. The monoisotopic (exact) mass is 405 g/mol. The van der Waals surface area contributed by atoms with Gasteiger partial charge in [-0.25, -0.2) is 14.4 Å². The summed E-state index contributed by atoms with van der Waals surface area (Å²) in [5.41, 5.74) is 6.10. The van der Waals surface area contributed by atoms with Crippen LogP contribution in [-0.4, -0.2) is 26.8 Å². The minimum absolute atomic E-state index is 0.0687. The first-order valence-electron chi connectivity index (χ1n) is 8.93. The summed E-state index contributed by atoms with van der Waals surface area (Å²) in [5, 5.41) is 3.18. The number of halogens is 1. The van der Waals surface area contributed by atoms with Crippen molar-refractivity contribution in [2.75, 3.05) is 5.32 Å². The molecule has 3 aromatic heterocycles. The summed E-state index contributed by atoms with van der Waals surface area (Å²) in [6.07, 6.45) is 4.72. The lowest BCUT2D eigenvalue weighted by atomic mass is 9.97. The van der Waals surface area contributed by atoms with Gasteiger partial charge in [-0.1, -0.05) is 12.1 Å². The van der Waals surface area contributed by atoms with E-state index < -0.39 is 23.5 Å². The highest BCUT2D eigenvalue weighted by Gasteiger charge is 2.28. The molecule has 1 aromatic carbocycles. The minimum Gasteiger partial charge on any atom is -0.453 e. The average molecular weight is 405 g/mol. The summed E-state index contributed by atoms with van der Waals surface area (Å²) in [5.74, 6) is -3.18. The smallest absolute Gasteiger partial charge is 0.242 e. The summed E-state index contributed by atoms with van der Waals surface area (Å²) < 4.78 is 20.4. The van der Waals surface area contributed by atoms with Crippen LogP contribution in [-0.2, 0) is 9.59 Å². The summed E-state index contributed by atoms with van der Waals surface area (Å²) in [6.45, 7) is 0. The number of hydrogen-bond donors (Lipinski definition) is 3. The Balaban J connectivity index is 1.59. The van der Waals surface area contributed by atoms with Gasteiger partial charge in [0.05, 0.1) is 5.39 Å². The van der Waals surface area contributed by atoms with Crippen molar-refractivity contribution in [2.24, 2.45) is 5.73 Å². The summed E-state index contributed by atoms with van der Waals surface area (Å²) in [6, 6.07) is 12.1. The van der Waals surface area contributed by atoms with E-state index in [0.717, 1.165) is 6.07 Å². The van der Waals surface area contributed by atoms with E-state index in [-0.39, 0.29) is 17.1 Å². The number of pyridine rings is 2. The number of nitrogens with zero attached hydrogens (tertiary/aromatic N) is 2. The molecular formula is C21H16FN5O3. The van der Waals surface area contributed by atoms with E-state index in [1.54, 1.807) is 36.5 Å². The molecular weight excluding hydrogens is 389 g/mol. The Bertz CT molecular complexity index is 1230. The number of anilines is 1. The second-order valence-electron chi connectivity index (χ2n) is 6.38. The zero-order chi connectivity index (χ0) is 21.1. The van der Waals surface area contributed by atoms with Crippen LogP contribution in [0.4, 0.5) is 10.2 Å². The molecule has 0 saturated heterocycles. The van der Waals surface area contributed by atoms with E-state index in [4.69, 9.17) is 10.5 Å². The van der Waals surface area contributed by atoms with Crippen molar-refractivity contribution in [2.45, 2.75) is 5.92 Å². The van der Waals surface area contributed by atoms with Crippen LogP contribution >= 0.6 is 0 Å². The van der Waals surface area contributed by atoms with Gasteiger partial charge in [-0.3, -0.25) is 9.59 Å². The molecule has 3 heterocycles. The maximum absolute atomic E-state index is 14.7. The number of benzene rings is 1. The molecule has 150 valence electrons. The number of carbonyl (C=O) groups excluding carboxylic acids is 2. The molecule has 30 heavy (non-hydrogen) atoms. The van der Waals surface area contributed by atoms with Gasteiger partial charge >= 0.3 is 0 Å². The molecule has 2 amide bonds. The Morgan fingerprint density at radius 2 is 1.93 bits per heavy atom. The summed E-state index contributed by atoms with van der Waals surface area (Å²) in [7, 11) is 0. The van der Waals surface area contributed by atoms with Gasteiger partial charge in [0.25, 0.3) is 0 Å². The molecule has 0 radical (unpaired) electrons. The fourth-order valence-corrected chi connectivity index (χ4v) is 3.00. The Labute approximate surface area is 169 Å². The third-order valence-electron chi connectivity index (χ3n) is 4.39. The molecule has 0 aliphatic heterocycles. The Morgan fingerprint density at radius 3 is 2.67 bits per heavy atom. The van der Waals surface area contributed by atoms with Crippen molar-refractivity contribution in [1.29, 1.82) is 0 Å². The summed E-state index contributed by atoms with van der Waals surface area (Å²) in [4.78, 5) is 35.5. The highest BCUT2D eigenvalue weighted by Crippen LogP contribution is 2.31. The topological polar surface area (TPSA) is 123 Å². The lowest BCUT2D eigenvalue weighted by Crippen LogP contribution is -2.32. The standard InChI is InChI=1S/C21H16FN5O3/c22-14-11-12(18(19(23)28)21(29)27-17-3-1-2-8-24-17)4-5-16(14)30-15-7-10-26-20-13(15)6-9-25-20/h1-11,18H,(H2,23,28)(H,25,26)(H,24,27,29). The van der Waals surface area contributed by atoms with Gasteiger partial charge in [0.15, 0.2) is 11.6 Å². The third-order valence-corrected chi connectivity index (χ3v) is 4.39. The molecule has 8 nitrogen and oxygen atoms in total. The number of aromatic nitrogens is 3. The van der Waals surface area contributed by atoms with Crippen LogP contribution in [0.1, 0.15) is 11.5 Å². The number of rotatable bonds is 6. The van der Waals surface area contributed by atoms with E-state index in [0.29, 0.717) is 16.8 Å². The van der Waals surface area contributed by atoms with E-state index in [9.17, 15) is 14.0 Å². The molecule has 0 spiro atoms. The molecule has 4 rings (SSSR count). The van der Waals surface area contributed by atoms with Crippen LogP contribution in [0.3, 0.4) is 0 Å². The van der Waals surface area contributed by atoms with Gasteiger partial charge < -0.3 is 20.8 Å². The van der Waals surface area contributed by atoms with Crippen LogP contribution in [0.25, 0.3) is 11.0 Å². The largest absolute Gasteiger partial charge is 0.453 e. The van der Waals surface area contributed by atoms with Gasteiger partial charge in [-0.15, -0.1) is 0 Å². The van der Waals surface area contributed by atoms with Crippen LogP contribution < -0.4 is 15.8 Å². The number of nitrogens with two attached hydrogens (primary N) is 1. The second kappa shape index (κ2) is 8.00. The molecule has 0 saturated carbocycles. The number of H-pyrrole nitrogens is 1. The van der Waals surface area contributed by atoms with Crippen molar-refractivity contribution in [3.63, 3.8) is 0 Å². The Kier molecular flexibility index (Phi) is 5.08. The third kappa shape index (κ3) is 3.81. The molecule has 0 bridgehead atoms. The molecule has 1 atom stereocenters. The number of amides is 2. The first kappa shape index (κ1) is 19.1. The lowest BCUT2D eigenvalue weighted by molar-refractivity contribution is -0.127. The van der Waals surface area contributed by atoms with Crippen LogP contribution in [0.2, 0.25) is 0 Å². The van der Waals surface area contributed by atoms with Gasteiger partial charge in [0.2, 0.25) is 11.8 Å². The predicted octanol–water partition coefficient (Wildman–Crippen LogP) is 3.10. The van der Waals surface area contributed by atoms with Crippen LogP contribution in [0.15, 0.2) is 67.1 Å². The SMILES string of the molecule is NC(=O)C(C(=O)Nc1ccccn1)c1ccc(Oc2ccnc3[nH]ccc23)c(F)c1. The molecule has 0 aliphatic rings. The zero-order valence-corrected chi connectivity index (χ0v) is 15.5. The van der Waals surface area contributed by atoms with Gasteiger partial charge in [0.1, 0.15) is 23.1 Å². The lowest BCUT2D eigenvalue weighted by Gasteiger charge is -2.15. The first-order chi connectivity index (χ1) is 14.5. The minimum atomic E-state index is -1.40. The molecule has 1 unspecified atom stereocenters. The zero-order valence-electron chi connectivity index (χ0n) is 15.5. The summed E-state index contributed by atoms with van der Waals surface area (Å²) >= 11 is 0. The maximum atomic E-state index is 14.7. The molecule has 0 fully saturated rings. The fourth-order valence-electron chi connectivity index (χ4n) is 3.00. The maximum Gasteiger partial charge on any atom is 0.242 e. The fraction of sp³-hybridized carbons (Fsp3) is 0.0476. The number of nitrogens with one attached hydrogen (secondary N) is 2. The van der Waals surface area contributed by atoms with E-state index in [2.05, 4.69) is 20.3 Å². The van der Waals surface area contributed by atoms with Crippen molar-refractivity contribution < 1.29 is 18.7 Å². The highest BCUT2D eigenvalue weighted by atomic mass is 19.1. The normalized spacial score (nSPS) is 11.8. The van der Waals surface area contributed by atoms with Crippen molar-refractivity contribution in [3.05, 3.63) is 78.5 Å². The number of ether oxygens (including phenoxy) is 1. The highest BCUT2D eigenvalue weighted by molar-refractivity contribution is 6.10. The van der Waals surface area contributed by atoms with Gasteiger partial charge in [-0.05, 0) is 42.0 Å². The van der Waals surface area contributed by atoms with E-state index in [1.807, 2.05) is 0 Å². The predicted molar refractivity (Wildman–Crippen MR) is 107 cm³/mol. The first-order valence-corrected chi connectivity index (χ1v) is 8.93. The van der Waals surface area contributed by atoms with E-state index >= 15 is 0 Å². The second-order valence-corrected chi connectivity index (χ2v) is 6.38. The van der Waals surface area contributed by atoms with Crippen molar-refractivity contribution in [3.8, 4) is 11.5 Å². The number of carbonyl (C=O) groups is 2. The van der Waals surface area contributed by atoms with Crippen molar-refractivity contribution in [1.82, 2.24) is 15.0 Å².